The number of nitrogens with zero attached hydrogens (tertiary/aromatic N) is 1. The van der Waals surface area contributed by atoms with Crippen molar-refractivity contribution in [1.82, 2.24) is 5.16 Å². The van der Waals surface area contributed by atoms with Crippen molar-refractivity contribution in [2.45, 2.75) is 78.9 Å². The number of benzene rings is 2. The van der Waals surface area contributed by atoms with Gasteiger partial charge < -0.3 is 14.9 Å². The SMILES string of the molecule is Cc1c(C)c(C)c(C(C)(C)CC(O)([B]Nc2ccc3c(=O)onc(C)c3c2)C(F)(F)F)c(C)c1C. The largest absolute Gasteiger partial charge is 0.429 e. The summed E-state index contributed by atoms with van der Waals surface area (Å²) in [5, 5.41) is 18.0. The fraction of sp³-hybridized carbons (Fsp3) is 0.462. The van der Waals surface area contributed by atoms with Gasteiger partial charge in [0, 0.05) is 11.1 Å². The van der Waals surface area contributed by atoms with E-state index in [-0.39, 0.29) is 11.1 Å². The van der Waals surface area contributed by atoms with Crippen LogP contribution >= 0.6 is 0 Å². The molecule has 35 heavy (non-hydrogen) atoms. The summed E-state index contributed by atoms with van der Waals surface area (Å²) in [6.07, 6.45) is -5.51. The molecule has 0 spiro atoms. The summed E-state index contributed by atoms with van der Waals surface area (Å²) in [5.41, 5.74) is 1.83. The minimum Gasteiger partial charge on any atom is -0.429 e. The molecule has 3 aromatic rings. The molecule has 1 aromatic heterocycles. The number of fused-ring (bicyclic) bond motifs is 1. The summed E-state index contributed by atoms with van der Waals surface area (Å²) >= 11 is 0. The second-order valence-electron chi connectivity index (χ2n) is 10.1. The van der Waals surface area contributed by atoms with Crippen LogP contribution in [-0.2, 0) is 5.41 Å². The molecule has 1 atom stereocenters. The zero-order valence-corrected chi connectivity index (χ0v) is 21.4. The van der Waals surface area contributed by atoms with Gasteiger partial charge >= 0.3 is 11.8 Å². The van der Waals surface area contributed by atoms with E-state index in [9.17, 15) is 23.1 Å². The molecule has 1 heterocycles. The number of aromatic nitrogens is 1. The standard InChI is InChI=1S/C26H31BF3N2O3/c1-13-14(2)16(4)22(17(5)15(13)3)24(7,8)12-25(34,26(28,29)30)27-31-19-9-10-20-21(11-19)18(6)32-35-23(20)33/h9-11,31,34H,12H2,1-8H3. The summed E-state index contributed by atoms with van der Waals surface area (Å²) < 4.78 is 47.5. The Labute approximate surface area is 204 Å². The van der Waals surface area contributed by atoms with E-state index >= 15 is 0 Å². The summed E-state index contributed by atoms with van der Waals surface area (Å²) in [6, 6.07) is 4.42. The molecule has 1 unspecified atom stereocenters. The summed E-state index contributed by atoms with van der Waals surface area (Å²) in [7, 11) is 0.683. The van der Waals surface area contributed by atoms with Crippen molar-refractivity contribution in [2.24, 2.45) is 0 Å². The van der Waals surface area contributed by atoms with Crippen LogP contribution in [-0.4, -0.2) is 29.4 Å². The Balaban J connectivity index is 1.99. The van der Waals surface area contributed by atoms with E-state index in [0.717, 1.165) is 33.4 Å². The molecular formula is C26H31BF3N2O3. The third kappa shape index (κ3) is 4.83. The lowest BCUT2D eigenvalue weighted by Gasteiger charge is -2.39. The van der Waals surface area contributed by atoms with Crippen molar-refractivity contribution < 1.29 is 22.8 Å². The molecule has 2 N–H and O–H groups in total. The van der Waals surface area contributed by atoms with E-state index in [1.807, 2.05) is 34.6 Å². The molecule has 0 saturated carbocycles. The predicted octanol–water partition coefficient (Wildman–Crippen LogP) is 5.69. The van der Waals surface area contributed by atoms with Gasteiger partial charge in [-0.2, -0.15) is 13.2 Å². The van der Waals surface area contributed by atoms with Gasteiger partial charge in [-0.05, 0) is 105 Å². The van der Waals surface area contributed by atoms with Gasteiger partial charge in [-0.1, -0.05) is 19.0 Å². The van der Waals surface area contributed by atoms with Crippen LogP contribution in [0.4, 0.5) is 18.9 Å². The Morgan fingerprint density at radius 1 is 0.943 bits per heavy atom. The minimum absolute atomic E-state index is 0.270. The molecular weight excluding hydrogens is 456 g/mol. The maximum absolute atomic E-state index is 14.3. The molecule has 0 bridgehead atoms. The second-order valence-corrected chi connectivity index (χ2v) is 10.1. The highest BCUT2D eigenvalue weighted by molar-refractivity contribution is 6.44. The number of anilines is 1. The van der Waals surface area contributed by atoms with Gasteiger partial charge in [-0.15, -0.1) is 0 Å². The predicted molar refractivity (Wildman–Crippen MR) is 133 cm³/mol. The molecule has 0 saturated heterocycles. The Bertz CT molecular complexity index is 1320. The number of aliphatic hydroxyl groups is 1. The minimum atomic E-state index is -4.93. The van der Waals surface area contributed by atoms with Crippen molar-refractivity contribution in [3.8, 4) is 0 Å². The van der Waals surface area contributed by atoms with Crippen LogP contribution in [0.5, 0.6) is 0 Å². The van der Waals surface area contributed by atoms with E-state index < -0.39 is 29.1 Å². The number of nitrogens with one attached hydrogen (secondary N) is 1. The Hall–Kier alpha value is -2.81. The van der Waals surface area contributed by atoms with E-state index in [0.29, 0.717) is 18.5 Å². The quantitative estimate of drug-likeness (QED) is 0.437. The lowest BCUT2D eigenvalue weighted by molar-refractivity contribution is -0.231. The molecule has 9 heteroatoms. The molecule has 0 aliphatic heterocycles. The van der Waals surface area contributed by atoms with Crippen LogP contribution in [0.25, 0.3) is 10.8 Å². The van der Waals surface area contributed by atoms with E-state index in [4.69, 9.17) is 0 Å². The molecule has 0 aliphatic rings. The van der Waals surface area contributed by atoms with Gasteiger partial charge in [0.1, 0.15) is 0 Å². The van der Waals surface area contributed by atoms with Crippen LogP contribution in [0.15, 0.2) is 27.5 Å². The Morgan fingerprint density at radius 2 is 1.49 bits per heavy atom. The van der Waals surface area contributed by atoms with Gasteiger partial charge in [0.15, 0.2) is 5.50 Å². The van der Waals surface area contributed by atoms with Crippen LogP contribution < -0.4 is 10.9 Å². The number of hydrogen-bond acceptors (Lipinski definition) is 5. The maximum atomic E-state index is 14.3. The Kier molecular flexibility index (Phi) is 6.89. The first-order chi connectivity index (χ1) is 16.0. The highest BCUT2D eigenvalue weighted by atomic mass is 19.4. The van der Waals surface area contributed by atoms with Gasteiger partial charge in [-0.25, -0.2) is 4.79 Å². The smallest absolute Gasteiger partial charge is 0.411 e. The molecule has 2 aromatic carbocycles. The zero-order valence-electron chi connectivity index (χ0n) is 21.4. The van der Waals surface area contributed by atoms with E-state index in [2.05, 4.69) is 14.9 Å². The molecule has 187 valence electrons. The van der Waals surface area contributed by atoms with Crippen LogP contribution in [0.2, 0.25) is 0 Å². The number of rotatable bonds is 6. The molecule has 0 fully saturated rings. The Morgan fingerprint density at radius 3 is 2.03 bits per heavy atom. The maximum Gasteiger partial charge on any atom is 0.411 e. The number of halogens is 3. The zero-order chi connectivity index (χ0) is 26.5. The molecule has 1 radical (unpaired) electrons. The summed E-state index contributed by atoms with van der Waals surface area (Å²) in [5.74, 6) is 0. The monoisotopic (exact) mass is 487 g/mol. The molecule has 0 amide bonds. The third-order valence-corrected chi connectivity index (χ3v) is 7.25. The fourth-order valence-electron chi connectivity index (χ4n) is 5.03. The molecule has 0 aliphatic carbocycles. The van der Waals surface area contributed by atoms with Gasteiger partial charge in [0.2, 0.25) is 0 Å². The first-order valence-electron chi connectivity index (χ1n) is 11.4. The molecule has 5 nitrogen and oxygen atoms in total. The van der Waals surface area contributed by atoms with Crippen molar-refractivity contribution in [3.05, 3.63) is 67.7 Å². The average molecular weight is 487 g/mol. The van der Waals surface area contributed by atoms with Crippen LogP contribution in [0.1, 0.15) is 59.3 Å². The number of alkyl halides is 3. The third-order valence-electron chi connectivity index (χ3n) is 7.25. The highest BCUT2D eigenvalue weighted by Gasteiger charge is 2.56. The van der Waals surface area contributed by atoms with Gasteiger partial charge in [0.25, 0.3) is 7.41 Å². The normalized spacial score (nSPS) is 14.2. The van der Waals surface area contributed by atoms with E-state index in [1.165, 1.54) is 18.2 Å². The van der Waals surface area contributed by atoms with Crippen molar-refractivity contribution in [2.75, 3.05) is 5.23 Å². The second kappa shape index (κ2) is 9.01. The van der Waals surface area contributed by atoms with Gasteiger partial charge in [-0.3, -0.25) is 0 Å². The van der Waals surface area contributed by atoms with Crippen LogP contribution in [0, 0.1) is 41.5 Å². The topological polar surface area (TPSA) is 75.4 Å². The average Bonchev–Trinajstić information content (AvgIpc) is 2.76. The van der Waals surface area contributed by atoms with Crippen molar-refractivity contribution in [3.63, 3.8) is 0 Å². The number of aryl methyl sites for hydroxylation is 1. The van der Waals surface area contributed by atoms with E-state index in [1.54, 1.807) is 20.8 Å². The fourth-order valence-corrected chi connectivity index (χ4v) is 5.03. The van der Waals surface area contributed by atoms with Crippen molar-refractivity contribution in [1.29, 1.82) is 0 Å². The number of hydrogen-bond donors (Lipinski definition) is 2. The summed E-state index contributed by atoms with van der Waals surface area (Å²) in [6.45, 7) is 14.9. The first kappa shape index (κ1) is 26.8. The first-order valence-corrected chi connectivity index (χ1v) is 11.4. The molecule has 3 rings (SSSR count). The summed E-state index contributed by atoms with van der Waals surface area (Å²) in [4.78, 5) is 11.9. The highest BCUT2D eigenvalue weighted by Crippen LogP contribution is 2.44. The lowest BCUT2D eigenvalue weighted by Crippen LogP contribution is -2.56. The van der Waals surface area contributed by atoms with Crippen LogP contribution in [0.3, 0.4) is 0 Å². The van der Waals surface area contributed by atoms with Crippen molar-refractivity contribution >= 4 is 23.9 Å². The van der Waals surface area contributed by atoms with Gasteiger partial charge in [0.05, 0.1) is 11.1 Å². The lowest BCUT2D eigenvalue weighted by atomic mass is 9.60.